The molecular formula is C12H15N3. The molecule has 1 aromatic carbocycles. The molecule has 15 heavy (non-hydrogen) atoms. The number of nitrogens with two attached hydrogens (primary N) is 1. The highest BCUT2D eigenvalue weighted by Crippen LogP contribution is 2.17. The first-order valence-corrected chi connectivity index (χ1v) is 5.18. The van der Waals surface area contributed by atoms with E-state index in [1.807, 2.05) is 6.20 Å². The number of benzene rings is 1. The lowest BCUT2D eigenvalue weighted by Crippen LogP contribution is -2.00. The van der Waals surface area contributed by atoms with E-state index in [0.717, 1.165) is 25.1 Å². The topological polar surface area (TPSA) is 54.7 Å². The Labute approximate surface area is 89.4 Å². The molecule has 0 bridgehead atoms. The number of nitrogens with zero attached hydrogens (tertiary/aromatic N) is 1. The zero-order valence-corrected chi connectivity index (χ0v) is 8.61. The number of aromatic nitrogens is 2. The molecular weight excluding hydrogens is 186 g/mol. The summed E-state index contributed by atoms with van der Waals surface area (Å²) < 4.78 is 0. The molecule has 2 rings (SSSR count). The van der Waals surface area contributed by atoms with Crippen molar-refractivity contribution in [2.24, 2.45) is 5.73 Å². The summed E-state index contributed by atoms with van der Waals surface area (Å²) in [4.78, 5) is 7.12. The van der Waals surface area contributed by atoms with Gasteiger partial charge in [0, 0.05) is 0 Å². The second kappa shape index (κ2) is 4.75. The van der Waals surface area contributed by atoms with Crippen molar-refractivity contribution in [3.8, 4) is 11.3 Å². The summed E-state index contributed by atoms with van der Waals surface area (Å²) in [7, 11) is 0. The van der Waals surface area contributed by atoms with Gasteiger partial charge in [-0.15, -0.1) is 0 Å². The van der Waals surface area contributed by atoms with Crippen molar-refractivity contribution in [2.45, 2.75) is 12.8 Å². The molecule has 3 heteroatoms. The monoisotopic (exact) mass is 201 g/mol. The average molecular weight is 201 g/mol. The highest BCUT2D eigenvalue weighted by Gasteiger charge is 1.99. The molecule has 0 aliphatic heterocycles. The van der Waals surface area contributed by atoms with Crippen LogP contribution < -0.4 is 5.73 Å². The van der Waals surface area contributed by atoms with Crippen LogP contribution in [0.5, 0.6) is 0 Å². The van der Waals surface area contributed by atoms with Crippen LogP contribution in [0.15, 0.2) is 36.8 Å². The van der Waals surface area contributed by atoms with E-state index in [4.69, 9.17) is 5.73 Å². The SMILES string of the molecule is NCCCc1cccc(-c2cnc[nH]2)c1. The van der Waals surface area contributed by atoms with Crippen LogP contribution in [-0.2, 0) is 6.42 Å². The molecule has 0 radical (unpaired) electrons. The maximum absolute atomic E-state index is 5.49. The molecule has 2 aromatic rings. The van der Waals surface area contributed by atoms with Gasteiger partial charge in [-0.2, -0.15) is 0 Å². The zero-order valence-electron chi connectivity index (χ0n) is 8.61. The van der Waals surface area contributed by atoms with Gasteiger partial charge in [-0.3, -0.25) is 0 Å². The molecule has 0 amide bonds. The summed E-state index contributed by atoms with van der Waals surface area (Å²) in [6, 6.07) is 8.47. The van der Waals surface area contributed by atoms with E-state index in [2.05, 4.69) is 34.2 Å². The van der Waals surface area contributed by atoms with Crippen LogP contribution in [-0.4, -0.2) is 16.5 Å². The van der Waals surface area contributed by atoms with Crippen molar-refractivity contribution in [3.05, 3.63) is 42.4 Å². The first-order valence-electron chi connectivity index (χ1n) is 5.18. The van der Waals surface area contributed by atoms with Gasteiger partial charge in [0.25, 0.3) is 0 Å². The van der Waals surface area contributed by atoms with Gasteiger partial charge in [-0.25, -0.2) is 4.98 Å². The number of H-pyrrole nitrogens is 1. The Morgan fingerprint density at radius 2 is 2.27 bits per heavy atom. The molecule has 0 aliphatic carbocycles. The fourth-order valence-electron chi connectivity index (χ4n) is 1.61. The van der Waals surface area contributed by atoms with Crippen molar-refractivity contribution < 1.29 is 0 Å². The minimum absolute atomic E-state index is 0.744. The maximum atomic E-state index is 5.49. The Hall–Kier alpha value is -1.61. The molecule has 0 aliphatic rings. The molecule has 0 spiro atoms. The van der Waals surface area contributed by atoms with Crippen LogP contribution in [0, 0.1) is 0 Å². The van der Waals surface area contributed by atoms with Crippen molar-refractivity contribution in [1.82, 2.24) is 9.97 Å². The van der Waals surface area contributed by atoms with E-state index in [1.165, 1.54) is 11.1 Å². The number of rotatable bonds is 4. The van der Waals surface area contributed by atoms with Gasteiger partial charge in [0.15, 0.2) is 0 Å². The number of nitrogens with one attached hydrogen (secondary N) is 1. The smallest absolute Gasteiger partial charge is 0.0924 e. The maximum Gasteiger partial charge on any atom is 0.0924 e. The number of hydrogen-bond acceptors (Lipinski definition) is 2. The second-order valence-electron chi connectivity index (χ2n) is 3.56. The number of aryl methyl sites for hydroxylation is 1. The minimum Gasteiger partial charge on any atom is -0.345 e. The minimum atomic E-state index is 0.744. The molecule has 1 aromatic heterocycles. The predicted molar refractivity (Wildman–Crippen MR) is 61.4 cm³/mol. The van der Waals surface area contributed by atoms with Gasteiger partial charge >= 0.3 is 0 Å². The zero-order chi connectivity index (χ0) is 10.5. The van der Waals surface area contributed by atoms with E-state index < -0.39 is 0 Å². The Balaban J connectivity index is 2.19. The second-order valence-corrected chi connectivity index (χ2v) is 3.56. The fraction of sp³-hybridized carbons (Fsp3) is 0.250. The van der Waals surface area contributed by atoms with Crippen molar-refractivity contribution in [1.29, 1.82) is 0 Å². The highest BCUT2D eigenvalue weighted by molar-refractivity contribution is 5.58. The van der Waals surface area contributed by atoms with E-state index in [-0.39, 0.29) is 0 Å². The fourth-order valence-corrected chi connectivity index (χ4v) is 1.61. The highest BCUT2D eigenvalue weighted by atomic mass is 14.9. The molecule has 0 atom stereocenters. The molecule has 0 saturated heterocycles. The standard InChI is InChI=1S/C12H15N3/c13-6-2-4-10-3-1-5-11(7-10)12-8-14-9-15-12/h1,3,5,7-9H,2,4,6,13H2,(H,14,15). The van der Waals surface area contributed by atoms with E-state index in [9.17, 15) is 0 Å². The third kappa shape index (κ3) is 2.44. The lowest BCUT2D eigenvalue weighted by molar-refractivity contribution is 0.833. The summed E-state index contributed by atoms with van der Waals surface area (Å²) >= 11 is 0. The van der Waals surface area contributed by atoms with Gasteiger partial charge in [0.1, 0.15) is 0 Å². The normalized spacial score (nSPS) is 10.5. The number of hydrogen-bond donors (Lipinski definition) is 2. The van der Waals surface area contributed by atoms with Crippen LogP contribution >= 0.6 is 0 Å². The van der Waals surface area contributed by atoms with Crippen LogP contribution in [0.1, 0.15) is 12.0 Å². The summed E-state index contributed by atoms with van der Waals surface area (Å²) in [5, 5.41) is 0. The van der Waals surface area contributed by atoms with E-state index >= 15 is 0 Å². The summed E-state index contributed by atoms with van der Waals surface area (Å²) in [6.07, 6.45) is 5.61. The third-order valence-corrected chi connectivity index (χ3v) is 2.41. The van der Waals surface area contributed by atoms with Crippen LogP contribution in [0.2, 0.25) is 0 Å². The van der Waals surface area contributed by atoms with Crippen LogP contribution in [0.3, 0.4) is 0 Å². The molecule has 3 nitrogen and oxygen atoms in total. The van der Waals surface area contributed by atoms with Crippen molar-refractivity contribution in [3.63, 3.8) is 0 Å². The Morgan fingerprint density at radius 1 is 1.33 bits per heavy atom. The third-order valence-electron chi connectivity index (χ3n) is 2.41. The first kappa shape index (κ1) is 9.93. The van der Waals surface area contributed by atoms with Crippen molar-refractivity contribution in [2.75, 3.05) is 6.54 Å². The molecule has 3 N–H and O–H groups in total. The molecule has 0 unspecified atom stereocenters. The van der Waals surface area contributed by atoms with Crippen molar-refractivity contribution >= 4 is 0 Å². The quantitative estimate of drug-likeness (QED) is 0.794. The van der Waals surface area contributed by atoms with E-state index in [1.54, 1.807) is 6.33 Å². The van der Waals surface area contributed by atoms with E-state index in [0.29, 0.717) is 0 Å². The molecule has 78 valence electrons. The van der Waals surface area contributed by atoms with Gasteiger partial charge in [-0.05, 0) is 36.6 Å². The van der Waals surface area contributed by atoms with Crippen LogP contribution in [0.25, 0.3) is 11.3 Å². The Kier molecular flexibility index (Phi) is 3.15. The Bertz CT molecular complexity index is 407. The van der Waals surface area contributed by atoms with Gasteiger partial charge in [0.2, 0.25) is 0 Å². The van der Waals surface area contributed by atoms with Gasteiger partial charge in [-0.1, -0.05) is 18.2 Å². The first-order chi connectivity index (χ1) is 7.40. The lowest BCUT2D eigenvalue weighted by atomic mass is 10.1. The Morgan fingerprint density at radius 3 is 3.00 bits per heavy atom. The predicted octanol–water partition coefficient (Wildman–Crippen LogP) is 1.97. The largest absolute Gasteiger partial charge is 0.345 e. The molecule has 0 fully saturated rings. The van der Waals surface area contributed by atoms with Crippen LogP contribution in [0.4, 0.5) is 0 Å². The number of aromatic amines is 1. The molecule has 1 heterocycles. The van der Waals surface area contributed by atoms with Gasteiger partial charge in [0.05, 0.1) is 18.2 Å². The molecule has 0 saturated carbocycles. The summed E-state index contributed by atoms with van der Waals surface area (Å²) in [6.45, 7) is 0.744. The number of imidazole rings is 1. The summed E-state index contributed by atoms with van der Waals surface area (Å²) in [5.41, 5.74) is 9.06. The summed E-state index contributed by atoms with van der Waals surface area (Å²) in [5.74, 6) is 0. The lowest BCUT2D eigenvalue weighted by Gasteiger charge is -2.02. The average Bonchev–Trinajstić information content (AvgIpc) is 2.80. The van der Waals surface area contributed by atoms with Gasteiger partial charge < -0.3 is 10.7 Å².